The maximum atomic E-state index is 5.74. The molecule has 3 rings (SSSR count). The van der Waals surface area contributed by atoms with Crippen LogP contribution in [0.25, 0.3) is 10.9 Å². The molecular formula is C15H14IN3S. The third kappa shape index (κ3) is 2.85. The number of nitrogens with one attached hydrogen (secondary N) is 1. The van der Waals surface area contributed by atoms with Gasteiger partial charge in [-0.1, -0.05) is 18.2 Å². The van der Waals surface area contributed by atoms with Crippen molar-refractivity contribution >= 4 is 44.8 Å². The first-order valence-electron chi connectivity index (χ1n) is 6.30. The fourth-order valence-corrected chi connectivity index (χ4v) is 3.76. The van der Waals surface area contributed by atoms with Gasteiger partial charge in [0.05, 0.1) is 14.4 Å². The van der Waals surface area contributed by atoms with E-state index in [4.69, 9.17) is 5.84 Å². The van der Waals surface area contributed by atoms with Crippen molar-refractivity contribution in [3.05, 3.63) is 62.0 Å². The number of thiophene rings is 1. The number of hydrogen-bond acceptors (Lipinski definition) is 4. The number of nitrogens with two attached hydrogens (primary N) is 1. The topological polar surface area (TPSA) is 50.9 Å². The van der Waals surface area contributed by atoms with Crippen LogP contribution in [0.4, 0.5) is 0 Å². The molecule has 0 radical (unpaired) electrons. The van der Waals surface area contributed by atoms with E-state index >= 15 is 0 Å². The van der Waals surface area contributed by atoms with Crippen molar-refractivity contribution in [1.82, 2.24) is 10.4 Å². The van der Waals surface area contributed by atoms with Crippen LogP contribution in [-0.4, -0.2) is 4.98 Å². The van der Waals surface area contributed by atoms with Gasteiger partial charge in [0.1, 0.15) is 0 Å². The van der Waals surface area contributed by atoms with Gasteiger partial charge in [0, 0.05) is 11.6 Å². The zero-order valence-corrected chi connectivity index (χ0v) is 13.7. The maximum Gasteiger partial charge on any atom is 0.0704 e. The second kappa shape index (κ2) is 6.17. The fraction of sp³-hybridized carbons (Fsp3) is 0.133. The number of rotatable bonds is 4. The van der Waals surface area contributed by atoms with Crippen LogP contribution in [0.1, 0.15) is 17.2 Å². The highest BCUT2D eigenvalue weighted by Crippen LogP contribution is 2.26. The Labute approximate surface area is 135 Å². The summed E-state index contributed by atoms with van der Waals surface area (Å²) in [4.78, 5) is 4.40. The van der Waals surface area contributed by atoms with Gasteiger partial charge in [-0.3, -0.25) is 16.3 Å². The van der Waals surface area contributed by atoms with E-state index in [1.807, 2.05) is 24.4 Å². The number of benzene rings is 1. The lowest BCUT2D eigenvalue weighted by atomic mass is 9.99. The predicted molar refractivity (Wildman–Crippen MR) is 92.5 cm³/mol. The third-order valence-electron chi connectivity index (χ3n) is 3.35. The van der Waals surface area contributed by atoms with Crippen LogP contribution < -0.4 is 11.3 Å². The second-order valence-electron chi connectivity index (χ2n) is 4.59. The van der Waals surface area contributed by atoms with Gasteiger partial charge in [0.2, 0.25) is 0 Å². The smallest absolute Gasteiger partial charge is 0.0704 e. The summed E-state index contributed by atoms with van der Waals surface area (Å²) in [5.41, 5.74) is 6.46. The Balaban J connectivity index is 1.95. The van der Waals surface area contributed by atoms with Gasteiger partial charge in [-0.15, -0.1) is 11.3 Å². The van der Waals surface area contributed by atoms with Crippen molar-refractivity contribution in [1.29, 1.82) is 0 Å². The molecule has 1 atom stereocenters. The Kier molecular flexibility index (Phi) is 4.30. The molecule has 0 aliphatic heterocycles. The minimum absolute atomic E-state index is 0.126. The highest BCUT2D eigenvalue weighted by atomic mass is 127. The summed E-state index contributed by atoms with van der Waals surface area (Å²) in [6.07, 6.45) is 2.72. The second-order valence-corrected chi connectivity index (χ2v) is 7.40. The Bertz CT molecular complexity index is 720. The molecule has 1 aromatic carbocycles. The zero-order valence-electron chi connectivity index (χ0n) is 10.7. The Morgan fingerprint density at radius 3 is 2.90 bits per heavy atom. The van der Waals surface area contributed by atoms with Crippen molar-refractivity contribution in [2.24, 2.45) is 5.84 Å². The Morgan fingerprint density at radius 1 is 1.30 bits per heavy atom. The summed E-state index contributed by atoms with van der Waals surface area (Å²) in [6, 6.07) is 12.6. The molecule has 0 spiro atoms. The molecule has 0 aliphatic carbocycles. The predicted octanol–water partition coefficient (Wildman–Crippen LogP) is 3.65. The van der Waals surface area contributed by atoms with E-state index in [0.29, 0.717) is 0 Å². The normalized spacial score (nSPS) is 12.7. The van der Waals surface area contributed by atoms with Crippen molar-refractivity contribution in [3.63, 3.8) is 0 Å². The fourth-order valence-electron chi connectivity index (χ4n) is 2.33. The zero-order chi connectivity index (χ0) is 13.9. The SMILES string of the molecule is NNC(Cc1ccnc2ccccc12)c1csc(I)c1. The van der Waals surface area contributed by atoms with Crippen molar-refractivity contribution in [2.45, 2.75) is 12.5 Å². The van der Waals surface area contributed by atoms with Crippen LogP contribution in [0.15, 0.2) is 48.0 Å². The first kappa shape index (κ1) is 13.9. The van der Waals surface area contributed by atoms with Crippen LogP contribution in [0.2, 0.25) is 0 Å². The van der Waals surface area contributed by atoms with Crippen LogP contribution >= 0.6 is 33.9 Å². The molecule has 2 heterocycles. The minimum Gasteiger partial charge on any atom is -0.271 e. The Hall–Kier alpha value is -1.02. The average molecular weight is 395 g/mol. The summed E-state index contributed by atoms with van der Waals surface area (Å²) >= 11 is 4.08. The largest absolute Gasteiger partial charge is 0.271 e. The molecule has 1 unspecified atom stereocenters. The van der Waals surface area contributed by atoms with Gasteiger partial charge in [0.15, 0.2) is 0 Å². The first-order valence-corrected chi connectivity index (χ1v) is 8.26. The summed E-state index contributed by atoms with van der Waals surface area (Å²) in [5.74, 6) is 5.74. The lowest BCUT2D eigenvalue weighted by Gasteiger charge is -2.16. The van der Waals surface area contributed by atoms with E-state index < -0.39 is 0 Å². The number of hydrazine groups is 1. The molecule has 0 fully saturated rings. The molecule has 2 aromatic heterocycles. The van der Waals surface area contributed by atoms with Gasteiger partial charge in [0.25, 0.3) is 0 Å². The Morgan fingerprint density at radius 2 is 2.15 bits per heavy atom. The highest BCUT2D eigenvalue weighted by molar-refractivity contribution is 14.1. The average Bonchev–Trinajstić information content (AvgIpc) is 2.91. The molecule has 102 valence electrons. The summed E-state index contributed by atoms with van der Waals surface area (Å²) in [5, 5.41) is 3.36. The monoisotopic (exact) mass is 395 g/mol. The molecule has 3 nitrogen and oxygen atoms in total. The lowest BCUT2D eigenvalue weighted by molar-refractivity contribution is 0.555. The summed E-state index contributed by atoms with van der Waals surface area (Å²) in [6.45, 7) is 0. The molecule has 0 bridgehead atoms. The van der Waals surface area contributed by atoms with E-state index in [0.717, 1.165) is 11.9 Å². The number of aromatic nitrogens is 1. The number of pyridine rings is 1. The number of nitrogens with zero attached hydrogens (tertiary/aromatic N) is 1. The molecule has 0 amide bonds. The molecule has 0 saturated heterocycles. The number of fused-ring (bicyclic) bond motifs is 1. The van der Waals surface area contributed by atoms with Gasteiger partial charge in [-0.05, 0) is 63.7 Å². The van der Waals surface area contributed by atoms with Gasteiger partial charge in [-0.2, -0.15) is 0 Å². The molecule has 5 heteroatoms. The first-order chi connectivity index (χ1) is 9.78. The quantitative estimate of drug-likeness (QED) is 0.403. The molecule has 0 saturated carbocycles. The minimum atomic E-state index is 0.126. The molecule has 20 heavy (non-hydrogen) atoms. The van der Waals surface area contributed by atoms with Crippen LogP contribution in [0, 0.1) is 2.88 Å². The van der Waals surface area contributed by atoms with Gasteiger partial charge < -0.3 is 0 Å². The standard InChI is InChI=1S/C15H14IN3S/c16-15-8-11(9-20-15)14(19-17)7-10-5-6-18-13-4-2-1-3-12(10)13/h1-6,8-9,14,19H,7,17H2. The summed E-state index contributed by atoms with van der Waals surface area (Å²) in [7, 11) is 0. The van der Waals surface area contributed by atoms with Gasteiger partial charge in [-0.25, -0.2) is 0 Å². The number of hydrogen-bond donors (Lipinski definition) is 2. The van der Waals surface area contributed by atoms with E-state index in [1.54, 1.807) is 11.3 Å². The number of halogens is 1. The molecular weight excluding hydrogens is 381 g/mol. The molecule has 3 aromatic rings. The van der Waals surface area contributed by atoms with E-state index in [1.165, 1.54) is 19.4 Å². The highest BCUT2D eigenvalue weighted by Gasteiger charge is 2.14. The van der Waals surface area contributed by atoms with Crippen molar-refractivity contribution in [3.8, 4) is 0 Å². The van der Waals surface area contributed by atoms with Crippen molar-refractivity contribution < 1.29 is 0 Å². The van der Waals surface area contributed by atoms with E-state index in [2.05, 4.69) is 56.6 Å². The molecule has 3 N–H and O–H groups in total. The lowest BCUT2D eigenvalue weighted by Crippen LogP contribution is -2.29. The molecule has 0 aliphatic rings. The maximum absolute atomic E-state index is 5.74. The van der Waals surface area contributed by atoms with E-state index in [-0.39, 0.29) is 6.04 Å². The van der Waals surface area contributed by atoms with Crippen LogP contribution in [-0.2, 0) is 6.42 Å². The van der Waals surface area contributed by atoms with Crippen LogP contribution in [0.3, 0.4) is 0 Å². The van der Waals surface area contributed by atoms with Crippen LogP contribution in [0.5, 0.6) is 0 Å². The summed E-state index contributed by atoms with van der Waals surface area (Å²) < 4.78 is 1.28. The third-order valence-corrected chi connectivity index (χ3v) is 5.16. The number of para-hydroxylation sites is 1. The van der Waals surface area contributed by atoms with Crippen molar-refractivity contribution in [2.75, 3.05) is 0 Å². The van der Waals surface area contributed by atoms with E-state index in [9.17, 15) is 0 Å². The van der Waals surface area contributed by atoms with Gasteiger partial charge >= 0.3 is 0 Å².